The molecule has 0 saturated carbocycles. The smallest absolute Gasteiger partial charge is 0.214 e. The van der Waals surface area contributed by atoms with Crippen LogP contribution in [0.1, 0.15) is 10.4 Å². The molecule has 0 spiro atoms. The number of nitrogens with zero attached hydrogens (tertiary/aromatic N) is 4. The number of carbonyl (C=O) groups excluding carboxylic acids is 1. The van der Waals surface area contributed by atoms with Gasteiger partial charge in [-0.15, -0.1) is 5.10 Å². The van der Waals surface area contributed by atoms with Crippen molar-refractivity contribution in [2.75, 3.05) is 12.9 Å². The van der Waals surface area contributed by atoms with Crippen molar-refractivity contribution in [1.82, 2.24) is 20.2 Å². The van der Waals surface area contributed by atoms with E-state index >= 15 is 0 Å². The van der Waals surface area contributed by atoms with Crippen LogP contribution in [0, 0.1) is 11.6 Å². The second-order valence-electron chi connectivity index (χ2n) is 4.91. The minimum Gasteiger partial charge on any atom is -0.494 e. The number of carbonyl (C=O) groups is 1. The predicted octanol–water partition coefficient (Wildman–Crippen LogP) is 2.92. The topological polar surface area (TPSA) is 69.9 Å². The highest BCUT2D eigenvalue weighted by Crippen LogP contribution is 2.22. The summed E-state index contributed by atoms with van der Waals surface area (Å²) in [6, 6.07) is 9.77. The Morgan fingerprint density at radius 2 is 2.08 bits per heavy atom. The van der Waals surface area contributed by atoms with Crippen LogP contribution in [0.15, 0.2) is 47.6 Å². The van der Waals surface area contributed by atoms with E-state index in [0.717, 1.165) is 17.8 Å². The van der Waals surface area contributed by atoms with Crippen LogP contribution in [-0.4, -0.2) is 38.9 Å². The zero-order valence-electron chi connectivity index (χ0n) is 13.0. The monoisotopic (exact) mass is 362 g/mol. The number of benzene rings is 2. The Balaban J connectivity index is 1.73. The molecule has 128 valence electrons. The van der Waals surface area contributed by atoms with Crippen LogP contribution >= 0.6 is 11.8 Å². The summed E-state index contributed by atoms with van der Waals surface area (Å²) in [4.78, 5) is 12.2. The molecule has 0 bridgehead atoms. The molecule has 3 rings (SSSR count). The van der Waals surface area contributed by atoms with Gasteiger partial charge in [-0.25, -0.2) is 8.78 Å². The molecule has 0 aliphatic rings. The Labute approximate surface area is 145 Å². The summed E-state index contributed by atoms with van der Waals surface area (Å²) in [5.74, 6) is -1.25. The lowest BCUT2D eigenvalue weighted by Crippen LogP contribution is -2.06. The van der Waals surface area contributed by atoms with E-state index in [1.54, 1.807) is 6.07 Å². The Bertz CT molecular complexity index is 917. The summed E-state index contributed by atoms with van der Waals surface area (Å²) >= 11 is 1.07. The molecule has 1 aromatic heterocycles. The highest BCUT2D eigenvalue weighted by molar-refractivity contribution is 7.99. The van der Waals surface area contributed by atoms with Gasteiger partial charge in [-0.2, -0.15) is 4.68 Å². The van der Waals surface area contributed by atoms with Crippen molar-refractivity contribution in [3.8, 4) is 11.4 Å². The molecule has 0 aliphatic heterocycles. The van der Waals surface area contributed by atoms with Crippen molar-refractivity contribution < 1.29 is 18.3 Å². The number of hydrogen-bond acceptors (Lipinski definition) is 6. The molecule has 25 heavy (non-hydrogen) atoms. The summed E-state index contributed by atoms with van der Waals surface area (Å²) in [6.45, 7) is 0. The standard InChI is InChI=1S/C16H12F2N4O2S/c1-24-15-6-5-10(7-13(15)18)14(23)9-25-16-19-20-21-22(16)12-4-2-3-11(17)8-12/h2-8H,9H2,1H3. The fraction of sp³-hybridized carbons (Fsp3) is 0.125. The van der Waals surface area contributed by atoms with Gasteiger partial charge in [0.2, 0.25) is 5.16 Å². The number of halogens is 2. The van der Waals surface area contributed by atoms with Gasteiger partial charge in [0.15, 0.2) is 17.3 Å². The first-order valence-corrected chi connectivity index (χ1v) is 8.11. The maximum absolute atomic E-state index is 13.7. The van der Waals surface area contributed by atoms with Crippen molar-refractivity contribution in [2.24, 2.45) is 0 Å². The van der Waals surface area contributed by atoms with E-state index in [9.17, 15) is 13.6 Å². The van der Waals surface area contributed by atoms with Crippen LogP contribution in [0.4, 0.5) is 8.78 Å². The Morgan fingerprint density at radius 1 is 1.24 bits per heavy atom. The van der Waals surface area contributed by atoms with Crippen LogP contribution in [0.25, 0.3) is 5.69 Å². The van der Waals surface area contributed by atoms with Gasteiger partial charge in [0, 0.05) is 5.56 Å². The highest BCUT2D eigenvalue weighted by Gasteiger charge is 2.14. The lowest BCUT2D eigenvalue weighted by Gasteiger charge is -2.05. The Hall–Kier alpha value is -2.81. The average molecular weight is 362 g/mol. The lowest BCUT2D eigenvalue weighted by molar-refractivity contribution is 0.102. The van der Waals surface area contributed by atoms with Crippen molar-refractivity contribution in [3.63, 3.8) is 0 Å². The third kappa shape index (κ3) is 3.82. The largest absolute Gasteiger partial charge is 0.494 e. The van der Waals surface area contributed by atoms with E-state index in [1.165, 1.54) is 42.1 Å². The molecule has 0 atom stereocenters. The number of aromatic nitrogens is 4. The second-order valence-corrected chi connectivity index (χ2v) is 5.86. The van der Waals surface area contributed by atoms with Crippen molar-refractivity contribution >= 4 is 17.5 Å². The number of ketones is 1. The minimum atomic E-state index is -0.608. The zero-order chi connectivity index (χ0) is 17.8. The van der Waals surface area contributed by atoms with Crippen LogP contribution in [0.2, 0.25) is 0 Å². The van der Waals surface area contributed by atoms with Crippen molar-refractivity contribution in [3.05, 3.63) is 59.7 Å². The lowest BCUT2D eigenvalue weighted by atomic mass is 10.1. The predicted molar refractivity (Wildman–Crippen MR) is 87.1 cm³/mol. The van der Waals surface area contributed by atoms with E-state index in [4.69, 9.17) is 4.74 Å². The minimum absolute atomic E-state index is 0.00145. The molecule has 0 radical (unpaired) electrons. The average Bonchev–Trinajstić information content (AvgIpc) is 3.08. The van der Waals surface area contributed by atoms with Gasteiger partial charge >= 0.3 is 0 Å². The van der Waals surface area contributed by atoms with Gasteiger partial charge in [0.1, 0.15) is 5.82 Å². The van der Waals surface area contributed by atoms with E-state index in [2.05, 4.69) is 15.5 Å². The first kappa shape index (κ1) is 17.0. The molecule has 9 heteroatoms. The van der Waals surface area contributed by atoms with Crippen LogP contribution < -0.4 is 4.74 Å². The van der Waals surface area contributed by atoms with Crippen LogP contribution in [0.3, 0.4) is 0 Å². The number of hydrogen-bond donors (Lipinski definition) is 0. The molecule has 0 saturated heterocycles. The quantitative estimate of drug-likeness (QED) is 0.496. The molecular weight excluding hydrogens is 350 g/mol. The summed E-state index contributed by atoms with van der Waals surface area (Å²) in [5.41, 5.74) is 0.658. The van der Waals surface area contributed by atoms with E-state index in [1.807, 2.05) is 0 Å². The molecule has 1 heterocycles. The van der Waals surface area contributed by atoms with Gasteiger partial charge in [-0.05, 0) is 46.8 Å². The second kappa shape index (κ2) is 7.39. The fourth-order valence-corrected chi connectivity index (χ4v) is 2.88. The molecule has 3 aromatic rings. The van der Waals surface area contributed by atoms with Crippen molar-refractivity contribution in [2.45, 2.75) is 5.16 Å². The summed E-state index contributed by atoms with van der Waals surface area (Å²) < 4.78 is 33.2. The molecule has 0 amide bonds. The van der Waals surface area contributed by atoms with E-state index in [0.29, 0.717) is 10.8 Å². The normalized spacial score (nSPS) is 10.7. The number of thioether (sulfide) groups is 1. The fourth-order valence-electron chi connectivity index (χ4n) is 2.09. The first-order chi connectivity index (χ1) is 12.1. The number of Topliss-reactive ketones (excluding diaryl/α,β-unsaturated/α-hetero) is 1. The van der Waals surface area contributed by atoms with Crippen molar-refractivity contribution in [1.29, 1.82) is 0 Å². The van der Waals surface area contributed by atoms with Gasteiger partial charge in [-0.3, -0.25) is 4.79 Å². The van der Waals surface area contributed by atoms with Gasteiger partial charge < -0.3 is 4.74 Å². The summed E-state index contributed by atoms with van der Waals surface area (Å²) in [6.07, 6.45) is 0. The Morgan fingerprint density at radius 3 is 2.80 bits per heavy atom. The molecule has 0 aliphatic carbocycles. The SMILES string of the molecule is COc1ccc(C(=O)CSc2nnnn2-c2cccc(F)c2)cc1F. The molecular formula is C16H12F2N4O2S. The third-order valence-electron chi connectivity index (χ3n) is 3.30. The first-order valence-electron chi connectivity index (χ1n) is 7.12. The van der Waals surface area contributed by atoms with E-state index in [-0.39, 0.29) is 22.8 Å². The number of rotatable bonds is 6. The Kier molecular flexibility index (Phi) is 5.03. The maximum Gasteiger partial charge on any atom is 0.214 e. The zero-order valence-corrected chi connectivity index (χ0v) is 13.8. The van der Waals surface area contributed by atoms with E-state index < -0.39 is 11.6 Å². The molecule has 0 fully saturated rings. The molecule has 6 nitrogen and oxygen atoms in total. The van der Waals surface area contributed by atoms with Crippen LogP contribution in [-0.2, 0) is 0 Å². The summed E-state index contributed by atoms with van der Waals surface area (Å²) in [7, 11) is 1.35. The van der Waals surface area contributed by atoms with Crippen LogP contribution in [0.5, 0.6) is 5.75 Å². The number of methoxy groups -OCH3 is 1. The molecule has 2 aromatic carbocycles. The molecule has 0 N–H and O–H groups in total. The summed E-state index contributed by atoms with van der Waals surface area (Å²) in [5, 5.41) is 11.5. The molecule has 0 unspecified atom stereocenters. The number of tetrazole rings is 1. The highest BCUT2D eigenvalue weighted by atomic mass is 32.2. The number of ether oxygens (including phenoxy) is 1. The third-order valence-corrected chi connectivity index (χ3v) is 4.22. The van der Waals surface area contributed by atoms with Gasteiger partial charge in [-0.1, -0.05) is 17.8 Å². The van der Waals surface area contributed by atoms with Gasteiger partial charge in [0.25, 0.3) is 0 Å². The van der Waals surface area contributed by atoms with Gasteiger partial charge in [0.05, 0.1) is 18.6 Å². The maximum atomic E-state index is 13.7.